The van der Waals surface area contributed by atoms with Crippen molar-refractivity contribution in [3.8, 4) is 0 Å². The predicted octanol–water partition coefficient (Wildman–Crippen LogP) is 4.65. The minimum atomic E-state index is -4.35. The molecule has 0 bridgehead atoms. The molecule has 3 nitrogen and oxygen atoms in total. The van der Waals surface area contributed by atoms with Crippen molar-refractivity contribution in [1.82, 2.24) is 0 Å². The second-order valence-electron chi connectivity index (χ2n) is 6.50. The Morgan fingerprint density at radius 2 is 1.27 bits per heavy atom. The number of hydrogen-bond donors (Lipinski definition) is 3. The normalized spacial score (nSPS) is 13.7. The molecule has 22 heavy (non-hydrogen) atoms. The van der Waals surface area contributed by atoms with Gasteiger partial charge >= 0.3 is 135 Å². The van der Waals surface area contributed by atoms with E-state index < -0.39 is 7.28 Å². The summed E-state index contributed by atoms with van der Waals surface area (Å²) in [5.41, 5.74) is 1.35. The summed E-state index contributed by atoms with van der Waals surface area (Å²) in [6.07, 6.45) is 9.11. The van der Waals surface area contributed by atoms with Crippen LogP contribution < -0.4 is 0 Å². The van der Waals surface area contributed by atoms with Crippen LogP contribution in [-0.4, -0.2) is 27.0 Å². The van der Waals surface area contributed by atoms with Gasteiger partial charge in [0, 0.05) is 0 Å². The molecule has 0 radical (unpaired) electrons. The fraction of sp³-hybridized carbons (Fsp3) is 0.667. The van der Waals surface area contributed by atoms with E-state index in [2.05, 4.69) is 31.2 Å². The summed E-state index contributed by atoms with van der Waals surface area (Å²) in [5, 5.41) is 0. The van der Waals surface area contributed by atoms with Crippen molar-refractivity contribution in [2.75, 3.05) is 12.3 Å². The van der Waals surface area contributed by atoms with Gasteiger partial charge in [-0.15, -0.1) is 0 Å². The quantitative estimate of drug-likeness (QED) is 0.387. The van der Waals surface area contributed by atoms with Crippen LogP contribution in [0, 0.1) is 0 Å². The Balaban J connectivity index is 2.11. The molecule has 0 aliphatic rings. The molecule has 0 aliphatic heterocycles. The molecule has 0 fully saturated rings. The molecule has 1 aromatic carbocycles. The van der Waals surface area contributed by atoms with Gasteiger partial charge in [-0.2, -0.15) is 0 Å². The summed E-state index contributed by atoms with van der Waals surface area (Å²) in [7, 11) is -4.35. The molecule has 0 unspecified atom stereocenters. The van der Waals surface area contributed by atoms with E-state index in [0.29, 0.717) is 12.8 Å². The van der Waals surface area contributed by atoms with Gasteiger partial charge in [0.05, 0.1) is 0 Å². The standard InChI is InChI=1S/C18H33O3P/c1-2-3-4-11-16-22(19,20,21)17-12-6-5-8-13-18-14-9-7-10-15-18/h7,9-10,14-15,19-21H,2-6,8,11-13,16-17H2,1H3. The molecule has 0 saturated heterocycles. The van der Waals surface area contributed by atoms with Crippen LogP contribution in [0.25, 0.3) is 0 Å². The summed E-state index contributed by atoms with van der Waals surface area (Å²) in [6, 6.07) is 10.4. The molecule has 4 heteroatoms. The average molecular weight is 328 g/mol. The first kappa shape index (κ1) is 19.6. The zero-order valence-electron chi connectivity index (χ0n) is 14.0. The molecule has 0 aliphatic carbocycles. The van der Waals surface area contributed by atoms with E-state index in [4.69, 9.17) is 0 Å². The van der Waals surface area contributed by atoms with E-state index >= 15 is 0 Å². The molecular formula is C18H33O3P. The van der Waals surface area contributed by atoms with Crippen molar-refractivity contribution < 1.29 is 14.7 Å². The van der Waals surface area contributed by atoms with Crippen molar-refractivity contribution in [2.24, 2.45) is 0 Å². The monoisotopic (exact) mass is 328 g/mol. The van der Waals surface area contributed by atoms with Gasteiger partial charge in [0.2, 0.25) is 0 Å². The van der Waals surface area contributed by atoms with E-state index in [1.165, 1.54) is 5.56 Å². The Morgan fingerprint density at radius 1 is 0.727 bits per heavy atom. The summed E-state index contributed by atoms with van der Waals surface area (Å²) in [6.45, 7) is 2.12. The van der Waals surface area contributed by atoms with E-state index in [-0.39, 0.29) is 12.3 Å². The molecule has 0 spiro atoms. The second-order valence-corrected chi connectivity index (χ2v) is 10.1. The molecular weight excluding hydrogens is 295 g/mol. The SMILES string of the molecule is CCCCCCP(O)(O)(O)CCCCCCc1ccccc1. The van der Waals surface area contributed by atoms with Crippen molar-refractivity contribution in [1.29, 1.82) is 0 Å². The topological polar surface area (TPSA) is 60.7 Å². The first-order chi connectivity index (χ1) is 10.4. The number of hydrogen-bond acceptors (Lipinski definition) is 3. The van der Waals surface area contributed by atoms with Crippen LogP contribution in [0.1, 0.15) is 63.9 Å². The summed E-state index contributed by atoms with van der Waals surface area (Å²) < 4.78 is 0. The summed E-state index contributed by atoms with van der Waals surface area (Å²) >= 11 is 0. The maximum absolute atomic E-state index is 10.1. The summed E-state index contributed by atoms with van der Waals surface area (Å²) in [4.78, 5) is 30.2. The van der Waals surface area contributed by atoms with E-state index in [1.54, 1.807) is 0 Å². The van der Waals surface area contributed by atoms with Crippen LogP contribution in [0.2, 0.25) is 0 Å². The van der Waals surface area contributed by atoms with Gasteiger partial charge in [-0.3, -0.25) is 0 Å². The van der Waals surface area contributed by atoms with Crippen LogP contribution in [0.3, 0.4) is 0 Å². The Hall–Kier alpha value is -0.470. The molecule has 0 heterocycles. The Morgan fingerprint density at radius 3 is 1.86 bits per heavy atom. The van der Waals surface area contributed by atoms with Crippen molar-refractivity contribution in [3.05, 3.63) is 35.9 Å². The average Bonchev–Trinajstić information content (AvgIpc) is 2.48. The first-order valence-corrected chi connectivity index (χ1v) is 11.2. The van der Waals surface area contributed by atoms with Crippen LogP contribution in [-0.2, 0) is 6.42 Å². The van der Waals surface area contributed by atoms with Gasteiger partial charge in [0.25, 0.3) is 0 Å². The Kier molecular flexibility index (Phi) is 8.56. The molecule has 1 rings (SSSR count). The molecule has 0 amide bonds. The maximum atomic E-state index is 10.1. The number of benzene rings is 1. The predicted molar refractivity (Wildman–Crippen MR) is 96.1 cm³/mol. The van der Waals surface area contributed by atoms with E-state index in [0.717, 1.165) is 44.9 Å². The fourth-order valence-corrected chi connectivity index (χ4v) is 4.70. The van der Waals surface area contributed by atoms with Gasteiger partial charge in [-0.1, -0.05) is 0 Å². The molecule has 128 valence electrons. The van der Waals surface area contributed by atoms with Crippen molar-refractivity contribution in [3.63, 3.8) is 0 Å². The number of rotatable bonds is 12. The third kappa shape index (κ3) is 9.53. The molecule has 1 aromatic rings. The van der Waals surface area contributed by atoms with Crippen molar-refractivity contribution >= 4 is 7.28 Å². The molecule has 0 atom stereocenters. The minimum absolute atomic E-state index is 0.170. The Bertz CT molecular complexity index is 398. The zero-order valence-corrected chi connectivity index (χ0v) is 14.8. The van der Waals surface area contributed by atoms with Crippen LogP contribution in [0.4, 0.5) is 0 Å². The van der Waals surface area contributed by atoms with Crippen LogP contribution >= 0.6 is 7.28 Å². The fourth-order valence-electron chi connectivity index (χ4n) is 2.74. The summed E-state index contributed by atoms with van der Waals surface area (Å²) in [5.74, 6) is 0. The van der Waals surface area contributed by atoms with Gasteiger partial charge in [0.1, 0.15) is 0 Å². The second kappa shape index (κ2) is 9.62. The molecule has 3 N–H and O–H groups in total. The molecule has 0 saturated carbocycles. The number of aryl methyl sites for hydroxylation is 1. The molecule has 0 aromatic heterocycles. The van der Waals surface area contributed by atoms with Crippen LogP contribution in [0.5, 0.6) is 0 Å². The van der Waals surface area contributed by atoms with Crippen molar-refractivity contribution in [2.45, 2.75) is 64.7 Å². The first-order valence-electron chi connectivity index (χ1n) is 8.70. The van der Waals surface area contributed by atoms with Gasteiger partial charge in [0.15, 0.2) is 0 Å². The van der Waals surface area contributed by atoms with Gasteiger partial charge in [-0.25, -0.2) is 0 Å². The van der Waals surface area contributed by atoms with Gasteiger partial charge in [-0.05, 0) is 0 Å². The zero-order chi connectivity index (χ0) is 16.3. The third-order valence-corrected chi connectivity index (χ3v) is 6.61. The van der Waals surface area contributed by atoms with Gasteiger partial charge < -0.3 is 0 Å². The van der Waals surface area contributed by atoms with E-state index in [1.807, 2.05) is 6.07 Å². The van der Waals surface area contributed by atoms with Crippen LogP contribution in [0.15, 0.2) is 30.3 Å². The van der Waals surface area contributed by atoms with E-state index in [9.17, 15) is 14.7 Å². The number of unbranched alkanes of at least 4 members (excludes halogenated alkanes) is 6. The third-order valence-electron chi connectivity index (χ3n) is 4.14. The Labute approximate surface area is 135 Å².